The van der Waals surface area contributed by atoms with Crippen molar-refractivity contribution in [2.24, 2.45) is 0 Å². The fourth-order valence-electron chi connectivity index (χ4n) is 1.65. The van der Waals surface area contributed by atoms with Gasteiger partial charge in [-0.3, -0.25) is 4.98 Å². The summed E-state index contributed by atoms with van der Waals surface area (Å²) in [5.41, 5.74) is 3.94. The van der Waals surface area contributed by atoms with Gasteiger partial charge >= 0.3 is 0 Å². The summed E-state index contributed by atoms with van der Waals surface area (Å²) >= 11 is 0. The average Bonchev–Trinajstić information content (AvgIpc) is 2.73. The topological polar surface area (TPSA) is 54.5 Å². The number of aromatic amines is 1. The Kier molecular flexibility index (Phi) is 1.93. The molecular weight excluding hydrogens is 200 g/mol. The minimum atomic E-state index is 0.852. The fraction of sp³-hybridized carbons (Fsp3) is 0.0833. The van der Waals surface area contributed by atoms with E-state index < -0.39 is 0 Å². The quantitative estimate of drug-likeness (QED) is 0.670. The van der Waals surface area contributed by atoms with Crippen LogP contribution < -0.4 is 0 Å². The Hall–Kier alpha value is -2.23. The van der Waals surface area contributed by atoms with E-state index in [0.717, 1.165) is 28.0 Å². The molecule has 0 bridgehead atoms. The van der Waals surface area contributed by atoms with E-state index in [4.69, 9.17) is 0 Å². The fourth-order valence-corrected chi connectivity index (χ4v) is 1.65. The predicted molar refractivity (Wildman–Crippen MR) is 61.9 cm³/mol. The summed E-state index contributed by atoms with van der Waals surface area (Å²) in [6, 6.07) is 6.06. The van der Waals surface area contributed by atoms with E-state index in [9.17, 15) is 0 Å². The number of hydrogen-bond acceptors (Lipinski definition) is 3. The van der Waals surface area contributed by atoms with Crippen LogP contribution in [0, 0.1) is 6.92 Å². The van der Waals surface area contributed by atoms with Crippen LogP contribution in [0.5, 0.6) is 0 Å². The molecule has 3 heterocycles. The number of rotatable bonds is 1. The Morgan fingerprint density at radius 3 is 2.81 bits per heavy atom. The lowest BCUT2D eigenvalue weighted by Gasteiger charge is -1.96. The maximum Gasteiger partial charge on any atom is 0.141 e. The molecule has 1 N–H and O–H groups in total. The van der Waals surface area contributed by atoms with Gasteiger partial charge in [0, 0.05) is 34.7 Å². The highest BCUT2D eigenvalue weighted by Crippen LogP contribution is 2.21. The van der Waals surface area contributed by atoms with Gasteiger partial charge < -0.3 is 4.98 Å². The van der Waals surface area contributed by atoms with Crippen LogP contribution in [0.2, 0.25) is 0 Å². The van der Waals surface area contributed by atoms with Crippen molar-refractivity contribution in [2.75, 3.05) is 0 Å². The Bertz CT molecular complexity index is 592. The molecule has 3 aromatic heterocycles. The first kappa shape index (κ1) is 9.03. The summed E-state index contributed by atoms with van der Waals surface area (Å²) in [5.74, 6) is 0. The van der Waals surface area contributed by atoms with Gasteiger partial charge in [0.05, 0.1) is 0 Å². The Morgan fingerprint density at radius 1 is 1.12 bits per heavy atom. The second-order valence-corrected chi connectivity index (χ2v) is 3.70. The zero-order chi connectivity index (χ0) is 11.0. The molecule has 0 aromatic carbocycles. The third-order valence-corrected chi connectivity index (χ3v) is 2.52. The molecule has 0 radical (unpaired) electrons. The molecule has 0 atom stereocenters. The molecule has 0 amide bonds. The summed E-state index contributed by atoms with van der Waals surface area (Å²) in [6.45, 7) is 1.97. The Morgan fingerprint density at radius 2 is 2.06 bits per heavy atom. The zero-order valence-electron chi connectivity index (χ0n) is 8.81. The predicted octanol–water partition coefficient (Wildman–Crippen LogP) is 2.33. The van der Waals surface area contributed by atoms with Gasteiger partial charge in [-0.15, -0.1) is 0 Å². The maximum absolute atomic E-state index is 4.27. The SMILES string of the molecule is Cc1ccc(-c2cc3cncnc3[nH]2)cn1. The maximum atomic E-state index is 4.27. The number of fused-ring (bicyclic) bond motifs is 1. The van der Waals surface area contributed by atoms with Crippen molar-refractivity contribution in [3.05, 3.63) is 42.6 Å². The molecule has 78 valence electrons. The highest BCUT2D eigenvalue weighted by atomic mass is 14.9. The Labute approximate surface area is 92.4 Å². The summed E-state index contributed by atoms with van der Waals surface area (Å²) in [5, 5.41) is 1.01. The summed E-state index contributed by atoms with van der Waals surface area (Å²) in [6.07, 6.45) is 5.19. The van der Waals surface area contributed by atoms with E-state index in [1.165, 1.54) is 6.33 Å². The first-order valence-corrected chi connectivity index (χ1v) is 5.05. The molecule has 3 aromatic rings. The van der Waals surface area contributed by atoms with Crippen LogP contribution in [0.25, 0.3) is 22.3 Å². The van der Waals surface area contributed by atoms with Crippen molar-refractivity contribution in [1.29, 1.82) is 0 Å². The van der Waals surface area contributed by atoms with E-state index in [1.54, 1.807) is 6.20 Å². The molecule has 0 saturated carbocycles. The highest BCUT2D eigenvalue weighted by Gasteiger charge is 2.03. The van der Waals surface area contributed by atoms with Crippen LogP contribution in [0.4, 0.5) is 0 Å². The lowest BCUT2D eigenvalue weighted by atomic mass is 10.2. The number of hydrogen-bond donors (Lipinski definition) is 1. The standard InChI is InChI=1S/C12H10N4/c1-8-2-3-9(6-14-8)11-4-10-5-13-7-15-12(10)16-11/h2-7H,1H3,(H,13,15,16). The zero-order valence-corrected chi connectivity index (χ0v) is 8.81. The molecule has 0 spiro atoms. The van der Waals surface area contributed by atoms with Gasteiger partial charge in [-0.2, -0.15) is 0 Å². The number of nitrogens with one attached hydrogen (secondary N) is 1. The third kappa shape index (κ3) is 1.44. The Balaban J connectivity index is 2.15. The van der Waals surface area contributed by atoms with E-state index >= 15 is 0 Å². The second-order valence-electron chi connectivity index (χ2n) is 3.70. The molecule has 0 fully saturated rings. The minimum Gasteiger partial charge on any atom is -0.339 e. The normalized spacial score (nSPS) is 10.8. The van der Waals surface area contributed by atoms with E-state index in [0.29, 0.717) is 0 Å². The van der Waals surface area contributed by atoms with Gasteiger partial charge in [0.15, 0.2) is 0 Å². The van der Waals surface area contributed by atoms with Crippen LogP contribution in [0.3, 0.4) is 0 Å². The highest BCUT2D eigenvalue weighted by molar-refractivity contribution is 5.81. The number of aromatic nitrogens is 4. The van der Waals surface area contributed by atoms with Gasteiger partial charge in [-0.25, -0.2) is 9.97 Å². The molecule has 3 rings (SSSR count). The molecular formula is C12H10N4. The first-order chi connectivity index (χ1) is 7.83. The number of aryl methyl sites for hydroxylation is 1. The van der Waals surface area contributed by atoms with Crippen LogP contribution >= 0.6 is 0 Å². The van der Waals surface area contributed by atoms with Crippen molar-refractivity contribution in [3.63, 3.8) is 0 Å². The van der Waals surface area contributed by atoms with Crippen LogP contribution in [0.1, 0.15) is 5.69 Å². The largest absolute Gasteiger partial charge is 0.339 e. The molecule has 16 heavy (non-hydrogen) atoms. The van der Waals surface area contributed by atoms with Crippen molar-refractivity contribution in [3.8, 4) is 11.3 Å². The molecule has 0 unspecified atom stereocenters. The molecule has 4 heteroatoms. The van der Waals surface area contributed by atoms with E-state index in [-0.39, 0.29) is 0 Å². The number of pyridine rings is 1. The summed E-state index contributed by atoms with van der Waals surface area (Å²) in [4.78, 5) is 15.7. The van der Waals surface area contributed by atoms with Crippen LogP contribution in [-0.4, -0.2) is 19.9 Å². The number of nitrogens with zero attached hydrogens (tertiary/aromatic N) is 3. The molecule has 0 saturated heterocycles. The van der Waals surface area contributed by atoms with Gasteiger partial charge in [0.1, 0.15) is 12.0 Å². The van der Waals surface area contributed by atoms with Crippen molar-refractivity contribution >= 4 is 11.0 Å². The minimum absolute atomic E-state index is 0.852. The van der Waals surface area contributed by atoms with E-state index in [1.807, 2.05) is 31.3 Å². The van der Waals surface area contributed by atoms with Crippen molar-refractivity contribution < 1.29 is 0 Å². The van der Waals surface area contributed by atoms with Crippen molar-refractivity contribution in [2.45, 2.75) is 6.92 Å². The summed E-state index contributed by atoms with van der Waals surface area (Å²) in [7, 11) is 0. The first-order valence-electron chi connectivity index (χ1n) is 5.05. The molecule has 0 aliphatic carbocycles. The third-order valence-electron chi connectivity index (χ3n) is 2.52. The monoisotopic (exact) mass is 210 g/mol. The van der Waals surface area contributed by atoms with Crippen LogP contribution in [-0.2, 0) is 0 Å². The average molecular weight is 210 g/mol. The second kappa shape index (κ2) is 3.41. The van der Waals surface area contributed by atoms with Crippen LogP contribution in [0.15, 0.2) is 36.9 Å². The molecule has 0 aliphatic heterocycles. The van der Waals surface area contributed by atoms with Gasteiger partial charge in [0.2, 0.25) is 0 Å². The lowest BCUT2D eigenvalue weighted by Crippen LogP contribution is -1.82. The lowest BCUT2D eigenvalue weighted by molar-refractivity contribution is 1.19. The van der Waals surface area contributed by atoms with Gasteiger partial charge in [-0.05, 0) is 25.1 Å². The smallest absolute Gasteiger partial charge is 0.141 e. The van der Waals surface area contributed by atoms with Gasteiger partial charge in [-0.1, -0.05) is 0 Å². The van der Waals surface area contributed by atoms with E-state index in [2.05, 4.69) is 19.9 Å². The molecule has 0 aliphatic rings. The van der Waals surface area contributed by atoms with Crippen molar-refractivity contribution in [1.82, 2.24) is 19.9 Å². The van der Waals surface area contributed by atoms with Gasteiger partial charge in [0.25, 0.3) is 0 Å². The molecule has 4 nitrogen and oxygen atoms in total. The number of H-pyrrole nitrogens is 1. The summed E-state index contributed by atoms with van der Waals surface area (Å²) < 4.78 is 0.